The smallest absolute Gasteiger partial charge is 0.205 e. The van der Waals surface area contributed by atoms with E-state index in [1.807, 2.05) is 0 Å². The lowest BCUT2D eigenvalue weighted by Crippen LogP contribution is -1.80. The van der Waals surface area contributed by atoms with E-state index >= 15 is 0 Å². The van der Waals surface area contributed by atoms with Crippen LogP contribution >= 0.6 is 0 Å². The predicted molar refractivity (Wildman–Crippen MR) is 35.3 cm³/mol. The fraction of sp³-hybridized carbons (Fsp3) is 0. The summed E-state index contributed by atoms with van der Waals surface area (Å²) in [5, 5.41) is 6.83. The van der Waals surface area contributed by atoms with E-state index < -0.39 is 0 Å². The Hall–Kier alpha value is -1.78. The van der Waals surface area contributed by atoms with Gasteiger partial charge in [-0.05, 0) is 6.07 Å². The lowest BCUT2D eigenvalue weighted by Gasteiger charge is -1.88. The molecule has 0 saturated carbocycles. The molecule has 0 N–H and O–H groups in total. The molecule has 0 spiro atoms. The van der Waals surface area contributed by atoms with E-state index in [9.17, 15) is 0 Å². The second kappa shape index (κ2) is 2.45. The van der Waals surface area contributed by atoms with Crippen molar-refractivity contribution < 1.29 is 4.52 Å². The van der Waals surface area contributed by atoms with Gasteiger partial charge in [-0.25, -0.2) is 9.97 Å². The Labute approximate surface area is 62.1 Å². The Kier molecular flexibility index (Phi) is 1.33. The van der Waals surface area contributed by atoms with Gasteiger partial charge in [0.1, 0.15) is 18.2 Å². The van der Waals surface area contributed by atoms with Crippen molar-refractivity contribution in [1.82, 2.24) is 20.3 Å². The van der Waals surface area contributed by atoms with Crippen molar-refractivity contribution in [2.24, 2.45) is 0 Å². The van der Waals surface area contributed by atoms with Crippen molar-refractivity contribution in [3.05, 3.63) is 24.8 Å². The van der Waals surface area contributed by atoms with Crippen LogP contribution in [0.2, 0.25) is 0 Å². The third-order valence-corrected chi connectivity index (χ3v) is 1.20. The molecule has 0 amide bonds. The van der Waals surface area contributed by atoms with Gasteiger partial charge in [0.25, 0.3) is 0 Å². The average molecular weight is 148 g/mol. The Bertz CT molecular complexity index is 318. The van der Waals surface area contributed by atoms with Crippen molar-refractivity contribution in [2.45, 2.75) is 0 Å². The second-order valence-corrected chi connectivity index (χ2v) is 1.88. The highest BCUT2D eigenvalue weighted by Gasteiger charge is 2.01. The Balaban J connectivity index is 2.46. The SMILES string of the molecule is c1cc(-c2cnno2)ncn1. The Morgan fingerprint density at radius 2 is 2.36 bits per heavy atom. The maximum atomic E-state index is 4.77. The van der Waals surface area contributed by atoms with Crippen LogP contribution in [0.5, 0.6) is 0 Å². The van der Waals surface area contributed by atoms with Crippen molar-refractivity contribution >= 4 is 0 Å². The molecule has 0 aliphatic heterocycles. The molecule has 0 radical (unpaired) electrons. The molecule has 2 aromatic rings. The summed E-state index contributed by atoms with van der Waals surface area (Å²) in [7, 11) is 0. The highest BCUT2D eigenvalue weighted by molar-refractivity contribution is 5.48. The lowest BCUT2D eigenvalue weighted by atomic mass is 10.3. The van der Waals surface area contributed by atoms with Crippen LogP contribution in [0.4, 0.5) is 0 Å². The number of rotatable bonds is 1. The quantitative estimate of drug-likeness (QED) is 0.590. The molecule has 0 unspecified atom stereocenters. The molecule has 0 aliphatic rings. The zero-order valence-corrected chi connectivity index (χ0v) is 5.51. The molecule has 2 rings (SSSR count). The third-order valence-electron chi connectivity index (χ3n) is 1.20. The van der Waals surface area contributed by atoms with E-state index in [4.69, 9.17) is 4.52 Å². The highest BCUT2D eigenvalue weighted by Crippen LogP contribution is 2.11. The van der Waals surface area contributed by atoms with Gasteiger partial charge < -0.3 is 4.52 Å². The maximum absolute atomic E-state index is 4.77. The van der Waals surface area contributed by atoms with E-state index in [1.54, 1.807) is 12.3 Å². The normalized spacial score (nSPS) is 9.82. The molecule has 0 aliphatic carbocycles. The van der Waals surface area contributed by atoms with Crippen LogP contribution in [-0.2, 0) is 0 Å². The fourth-order valence-electron chi connectivity index (χ4n) is 0.716. The fourth-order valence-corrected chi connectivity index (χ4v) is 0.716. The van der Waals surface area contributed by atoms with Gasteiger partial charge in [0.15, 0.2) is 0 Å². The van der Waals surface area contributed by atoms with Crippen LogP contribution in [-0.4, -0.2) is 20.3 Å². The van der Waals surface area contributed by atoms with Gasteiger partial charge in [-0.15, -0.1) is 5.10 Å². The number of hydrogen-bond donors (Lipinski definition) is 0. The van der Waals surface area contributed by atoms with Gasteiger partial charge in [0.05, 0.1) is 0 Å². The van der Waals surface area contributed by atoms with E-state index in [0.717, 1.165) is 0 Å². The molecule has 0 saturated heterocycles. The van der Waals surface area contributed by atoms with E-state index in [-0.39, 0.29) is 0 Å². The summed E-state index contributed by atoms with van der Waals surface area (Å²) >= 11 is 0. The lowest BCUT2D eigenvalue weighted by molar-refractivity contribution is 0.402. The van der Waals surface area contributed by atoms with Gasteiger partial charge >= 0.3 is 0 Å². The van der Waals surface area contributed by atoms with Crippen molar-refractivity contribution in [2.75, 3.05) is 0 Å². The van der Waals surface area contributed by atoms with Crippen LogP contribution in [0.15, 0.2) is 29.3 Å². The molecule has 2 aromatic heterocycles. The second-order valence-electron chi connectivity index (χ2n) is 1.88. The largest absolute Gasteiger partial charge is 0.335 e. The number of nitrogens with zero attached hydrogens (tertiary/aromatic N) is 4. The molecule has 2 heterocycles. The maximum Gasteiger partial charge on any atom is 0.205 e. The monoisotopic (exact) mass is 148 g/mol. The van der Waals surface area contributed by atoms with Crippen molar-refractivity contribution in [3.8, 4) is 11.5 Å². The molecule has 0 aromatic carbocycles. The minimum absolute atomic E-state index is 0.549. The molecular formula is C6H4N4O. The first-order chi connectivity index (χ1) is 5.47. The first-order valence-corrected chi connectivity index (χ1v) is 3.00. The van der Waals surface area contributed by atoms with Crippen LogP contribution in [0.1, 0.15) is 0 Å². The van der Waals surface area contributed by atoms with Crippen LogP contribution in [0.3, 0.4) is 0 Å². The van der Waals surface area contributed by atoms with Gasteiger partial charge in [-0.1, -0.05) is 0 Å². The Morgan fingerprint density at radius 1 is 1.36 bits per heavy atom. The van der Waals surface area contributed by atoms with Gasteiger partial charge in [0.2, 0.25) is 5.76 Å². The van der Waals surface area contributed by atoms with Crippen LogP contribution in [0.25, 0.3) is 11.5 Å². The highest BCUT2D eigenvalue weighted by atomic mass is 16.5. The molecular weight excluding hydrogens is 144 g/mol. The van der Waals surface area contributed by atoms with Gasteiger partial charge in [-0.2, -0.15) is 0 Å². The van der Waals surface area contributed by atoms with E-state index in [0.29, 0.717) is 11.5 Å². The van der Waals surface area contributed by atoms with Gasteiger partial charge in [-0.3, -0.25) is 0 Å². The first-order valence-electron chi connectivity index (χ1n) is 3.00. The topological polar surface area (TPSA) is 64.7 Å². The summed E-state index contributed by atoms with van der Waals surface area (Å²) in [4.78, 5) is 7.70. The molecule has 5 heteroatoms. The summed E-state index contributed by atoms with van der Waals surface area (Å²) in [6, 6.07) is 1.72. The summed E-state index contributed by atoms with van der Waals surface area (Å²) < 4.78 is 4.77. The average Bonchev–Trinajstić information content (AvgIpc) is 2.58. The summed E-state index contributed by atoms with van der Waals surface area (Å²) in [5.74, 6) is 0.549. The van der Waals surface area contributed by atoms with Crippen LogP contribution < -0.4 is 0 Å². The predicted octanol–water partition coefficient (Wildman–Crippen LogP) is 0.527. The summed E-state index contributed by atoms with van der Waals surface area (Å²) in [5.41, 5.74) is 0.685. The zero-order valence-electron chi connectivity index (χ0n) is 5.51. The number of hydrogen-bond acceptors (Lipinski definition) is 5. The Morgan fingerprint density at radius 3 is 3.00 bits per heavy atom. The molecule has 0 bridgehead atoms. The van der Waals surface area contributed by atoms with E-state index in [1.165, 1.54) is 12.5 Å². The van der Waals surface area contributed by atoms with Crippen LogP contribution in [0, 0.1) is 0 Å². The first kappa shape index (κ1) is 5.96. The zero-order chi connectivity index (χ0) is 7.52. The minimum Gasteiger partial charge on any atom is -0.335 e. The molecule has 11 heavy (non-hydrogen) atoms. The van der Waals surface area contributed by atoms with Crippen molar-refractivity contribution in [1.29, 1.82) is 0 Å². The van der Waals surface area contributed by atoms with E-state index in [2.05, 4.69) is 20.3 Å². The molecule has 0 atom stereocenters. The number of aromatic nitrogens is 4. The summed E-state index contributed by atoms with van der Waals surface area (Å²) in [6.07, 6.45) is 4.57. The van der Waals surface area contributed by atoms with Gasteiger partial charge in [0, 0.05) is 11.5 Å². The molecule has 0 fully saturated rings. The third kappa shape index (κ3) is 1.07. The van der Waals surface area contributed by atoms with Crippen molar-refractivity contribution in [3.63, 3.8) is 0 Å². The standard InChI is InChI=1S/C6H4N4O/c1-2-7-4-8-5(1)6-3-9-10-11-6/h1-4H. The summed E-state index contributed by atoms with van der Waals surface area (Å²) in [6.45, 7) is 0. The molecule has 54 valence electrons. The molecule has 5 nitrogen and oxygen atoms in total. The minimum atomic E-state index is 0.549.